The number of hydrogen-bond donors (Lipinski definition) is 1. The van der Waals surface area contributed by atoms with Crippen LogP contribution in [0.3, 0.4) is 0 Å². The number of unbranched alkanes of at least 4 members (excludes halogenated alkanes) is 18. The van der Waals surface area contributed by atoms with Gasteiger partial charge in [0.2, 0.25) is 5.79 Å². The van der Waals surface area contributed by atoms with E-state index in [0.717, 1.165) is 70.8 Å². The van der Waals surface area contributed by atoms with Gasteiger partial charge in [-0.15, -0.1) is 0 Å². The van der Waals surface area contributed by atoms with Crippen molar-refractivity contribution in [3.05, 3.63) is 66.8 Å². The van der Waals surface area contributed by atoms with Crippen LogP contribution in [0.25, 0.3) is 0 Å². The second-order valence-corrected chi connectivity index (χ2v) is 16.2. The highest BCUT2D eigenvalue weighted by Crippen LogP contribution is 2.36. The average Bonchev–Trinajstić information content (AvgIpc) is 3.89. The summed E-state index contributed by atoms with van der Waals surface area (Å²) in [5.41, 5.74) is 1.17. The molecule has 0 unspecified atom stereocenters. The normalized spacial score (nSPS) is 16.9. The number of halogens is 1. The first-order valence-corrected chi connectivity index (χ1v) is 22.9. The summed E-state index contributed by atoms with van der Waals surface area (Å²) < 4.78 is 21.3. The summed E-state index contributed by atoms with van der Waals surface area (Å²) in [6.07, 6.45) is 56.4. The Bertz CT molecular complexity index is 1020. The molecule has 0 amide bonds. The fraction of sp³-hybridized carbons (Fsp3) is 0.771. The van der Waals surface area contributed by atoms with E-state index in [0.29, 0.717) is 18.9 Å². The minimum Gasteiger partial charge on any atom is -0.348 e. The maximum absolute atomic E-state index is 14.6. The summed E-state index contributed by atoms with van der Waals surface area (Å²) in [5, 5.41) is 0. The van der Waals surface area contributed by atoms with Crippen LogP contribution in [0, 0.1) is 0 Å². The molecular formula is C48H84FN3O2. The van der Waals surface area contributed by atoms with E-state index in [-0.39, 0.29) is 6.10 Å². The highest BCUT2D eigenvalue weighted by Gasteiger charge is 2.39. The molecule has 1 saturated carbocycles. The third kappa shape index (κ3) is 25.2. The Balaban J connectivity index is 1.69. The molecule has 0 aromatic carbocycles. The molecule has 0 radical (unpaired) electrons. The molecule has 0 bridgehead atoms. The fourth-order valence-corrected chi connectivity index (χ4v) is 7.73. The number of imidazole rings is 1. The number of aromatic nitrogens is 2. The molecule has 1 aromatic heterocycles. The summed E-state index contributed by atoms with van der Waals surface area (Å²) in [4.78, 5) is 14.7. The van der Waals surface area contributed by atoms with E-state index in [1.165, 1.54) is 121 Å². The molecule has 6 heteroatoms. The van der Waals surface area contributed by atoms with Gasteiger partial charge in [0.15, 0.2) is 0 Å². The number of rotatable bonds is 37. The van der Waals surface area contributed by atoms with Crippen LogP contribution in [-0.2, 0) is 16.1 Å². The predicted octanol–water partition coefficient (Wildman–Crippen LogP) is 14.8. The molecule has 2 rings (SSSR count). The maximum Gasteiger partial charge on any atom is 0.207 e. The first-order valence-electron chi connectivity index (χ1n) is 22.9. The Kier molecular flexibility index (Phi) is 30.5. The monoisotopic (exact) mass is 754 g/mol. The second-order valence-electron chi connectivity index (χ2n) is 16.2. The first-order chi connectivity index (χ1) is 26.6. The van der Waals surface area contributed by atoms with Crippen LogP contribution >= 0.6 is 0 Å². The van der Waals surface area contributed by atoms with Crippen LogP contribution in [0.4, 0.5) is 4.53 Å². The van der Waals surface area contributed by atoms with E-state index >= 15 is 0 Å². The lowest BCUT2D eigenvalue weighted by atomic mass is 9.98. The standard InChI is InChI=1S/C48H84FN3O2/c1-4-6-8-10-12-14-16-18-20-22-24-26-28-30-32-34-39-48(54-49,53-47-37-36-46(42-47)52(3)41-38-45-43-50-44-51-45)40-35-33-31-29-27-25-23-21-19-17-15-13-11-9-7-5-2/h12-15,18-21,43-44,46-47H,4-11,16-17,22-42H2,1-3H3,(H,50,51)/b14-12-,15-13-,20-18-,21-19-/t46-,47+/m0/s1. The van der Waals surface area contributed by atoms with E-state index in [1.54, 1.807) is 6.33 Å². The largest absolute Gasteiger partial charge is 0.348 e. The van der Waals surface area contributed by atoms with Crippen LogP contribution in [0.1, 0.15) is 206 Å². The van der Waals surface area contributed by atoms with Gasteiger partial charge < -0.3 is 14.6 Å². The van der Waals surface area contributed by atoms with Gasteiger partial charge >= 0.3 is 0 Å². The van der Waals surface area contributed by atoms with E-state index in [2.05, 4.69) is 84.4 Å². The van der Waals surface area contributed by atoms with Gasteiger partial charge in [-0.3, -0.25) is 0 Å². The van der Waals surface area contributed by atoms with Crippen LogP contribution in [0.15, 0.2) is 61.1 Å². The molecule has 1 N–H and O–H groups in total. The number of nitrogens with zero attached hydrogens (tertiary/aromatic N) is 2. The van der Waals surface area contributed by atoms with Crippen molar-refractivity contribution < 1.29 is 14.2 Å². The zero-order valence-electron chi connectivity index (χ0n) is 35.4. The Hall–Kier alpha value is -2.02. The molecule has 310 valence electrons. The summed E-state index contributed by atoms with van der Waals surface area (Å²) in [5.74, 6) is -1.10. The molecular weight excluding hydrogens is 670 g/mol. The second kappa shape index (κ2) is 34.2. The highest BCUT2D eigenvalue weighted by atomic mass is 19.3. The molecule has 2 atom stereocenters. The average molecular weight is 754 g/mol. The van der Waals surface area contributed by atoms with Crippen molar-refractivity contribution in [1.29, 1.82) is 0 Å². The smallest absolute Gasteiger partial charge is 0.207 e. The van der Waals surface area contributed by atoms with Crippen LogP contribution < -0.4 is 0 Å². The SMILES string of the molecule is CCCCC/C=C\C/C=C\CCCCCCCCC(CCCCCCCC/C=C\C/C=C\CCCCC)(OF)O[C@@H]1CC[C@H](N(C)CCc2cnc[nH]2)C1. The Morgan fingerprint density at radius 3 is 1.63 bits per heavy atom. The van der Waals surface area contributed by atoms with E-state index in [9.17, 15) is 4.53 Å². The molecule has 0 aliphatic heterocycles. The molecule has 1 aliphatic rings. The molecule has 54 heavy (non-hydrogen) atoms. The minimum atomic E-state index is -1.10. The predicted molar refractivity (Wildman–Crippen MR) is 230 cm³/mol. The highest BCUT2D eigenvalue weighted by molar-refractivity contribution is 4.96. The molecule has 1 fully saturated rings. The topological polar surface area (TPSA) is 50.4 Å². The number of ether oxygens (including phenoxy) is 1. The summed E-state index contributed by atoms with van der Waals surface area (Å²) in [6, 6.07) is 0.457. The first kappa shape index (κ1) is 48.1. The number of nitrogens with one attached hydrogen (secondary N) is 1. The quantitative estimate of drug-likeness (QED) is 0.0418. The van der Waals surface area contributed by atoms with Crippen molar-refractivity contribution in [2.75, 3.05) is 13.6 Å². The van der Waals surface area contributed by atoms with Crippen molar-refractivity contribution in [2.45, 2.75) is 224 Å². The van der Waals surface area contributed by atoms with Gasteiger partial charge in [0.05, 0.1) is 12.4 Å². The molecule has 1 aliphatic carbocycles. The van der Waals surface area contributed by atoms with Crippen molar-refractivity contribution in [1.82, 2.24) is 14.9 Å². The number of allylic oxidation sites excluding steroid dienone is 8. The molecule has 0 spiro atoms. The van der Waals surface area contributed by atoms with Crippen molar-refractivity contribution >= 4 is 0 Å². The molecule has 0 saturated heterocycles. The summed E-state index contributed by atoms with van der Waals surface area (Å²) in [7, 11) is 2.20. The van der Waals surface area contributed by atoms with Gasteiger partial charge in [-0.1, -0.05) is 140 Å². The Labute approximate surface area is 333 Å². The lowest BCUT2D eigenvalue weighted by molar-refractivity contribution is -0.363. The number of likely N-dealkylation sites (N-methyl/N-ethyl adjacent to an activating group) is 1. The van der Waals surface area contributed by atoms with Crippen LogP contribution in [0.2, 0.25) is 0 Å². The lowest BCUT2D eigenvalue weighted by Gasteiger charge is -2.33. The number of aromatic amines is 1. The van der Waals surface area contributed by atoms with Crippen LogP contribution in [0.5, 0.6) is 0 Å². The fourth-order valence-electron chi connectivity index (χ4n) is 7.73. The van der Waals surface area contributed by atoms with Crippen LogP contribution in [-0.4, -0.2) is 46.4 Å². The molecule has 1 aromatic rings. The Morgan fingerprint density at radius 2 is 1.17 bits per heavy atom. The van der Waals surface area contributed by atoms with Gasteiger partial charge in [-0.25, -0.2) is 4.98 Å². The van der Waals surface area contributed by atoms with E-state index in [1.807, 2.05) is 6.20 Å². The van der Waals surface area contributed by atoms with Crippen molar-refractivity contribution in [3.63, 3.8) is 0 Å². The lowest BCUT2D eigenvalue weighted by Crippen LogP contribution is -2.38. The van der Waals surface area contributed by atoms with Crippen molar-refractivity contribution in [3.8, 4) is 0 Å². The van der Waals surface area contributed by atoms with Gasteiger partial charge in [0, 0.05) is 43.7 Å². The van der Waals surface area contributed by atoms with Gasteiger partial charge in [-0.2, -0.15) is 4.94 Å². The third-order valence-electron chi connectivity index (χ3n) is 11.3. The Morgan fingerprint density at radius 1 is 0.685 bits per heavy atom. The minimum absolute atomic E-state index is 0.0505. The van der Waals surface area contributed by atoms with Gasteiger partial charge in [-0.05, 0) is 108 Å². The molecule has 1 heterocycles. The van der Waals surface area contributed by atoms with Gasteiger partial charge in [0.1, 0.15) is 0 Å². The van der Waals surface area contributed by atoms with E-state index in [4.69, 9.17) is 9.68 Å². The molecule has 5 nitrogen and oxygen atoms in total. The number of H-pyrrole nitrogens is 1. The zero-order chi connectivity index (χ0) is 38.6. The zero-order valence-corrected chi connectivity index (χ0v) is 35.4. The van der Waals surface area contributed by atoms with E-state index < -0.39 is 5.79 Å². The summed E-state index contributed by atoms with van der Waals surface area (Å²) in [6.45, 7) is 5.49. The summed E-state index contributed by atoms with van der Waals surface area (Å²) >= 11 is 0. The van der Waals surface area contributed by atoms with Crippen molar-refractivity contribution in [2.24, 2.45) is 0 Å². The third-order valence-corrected chi connectivity index (χ3v) is 11.3. The number of hydrogen-bond acceptors (Lipinski definition) is 4. The maximum atomic E-state index is 14.6. The van der Waals surface area contributed by atoms with Gasteiger partial charge in [0.25, 0.3) is 0 Å².